The third kappa shape index (κ3) is 3.08. The SMILES string of the molecule is Fc1cc(CC2CC2)cc(F)c1C#Cc1ccc2nsnc2c1. The van der Waals surface area contributed by atoms with Gasteiger partial charge in [-0.1, -0.05) is 11.8 Å². The van der Waals surface area contributed by atoms with Crippen LogP contribution in [0, 0.1) is 29.4 Å². The molecule has 4 rings (SSSR count). The van der Waals surface area contributed by atoms with Crippen LogP contribution in [0.2, 0.25) is 0 Å². The number of aromatic nitrogens is 2. The Labute approximate surface area is 136 Å². The molecule has 0 radical (unpaired) electrons. The van der Waals surface area contributed by atoms with E-state index in [0.717, 1.165) is 42.0 Å². The molecular weight excluding hydrogens is 314 g/mol. The molecule has 114 valence electrons. The molecule has 3 aromatic rings. The quantitative estimate of drug-likeness (QED) is 0.655. The van der Waals surface area contributed by atoms with Crippen LogP contribution >= 0.6 is 11.7 Å². The summed E-state index contributed by atoms with van der Waals surface area (Å²) in [5.74, 6) is 4.81. The molecule has 0 saturated heterocycles. The molecule has 0 amide bonds. The van der Waals surface area contributed by atoms with E-state index in [4.69, 9.17) is 0 Å². The summed E-state index contributed by atoms with van der Waals surface area (Å²) in [6.07, 6.45) is 3.05. The molecule has 1 aliphatic rings. The number of halogens is 2. The third-order valence-corrected chi connectivity index (χ3v) is 4.47. The first kappa shape index (κ1) is 14.3. The molecule has 0 atom stereocenters. The second-order valence-corrected chi connectivity index (χ2v) is 6.33. The maximum absolute atomic E-state index is 14.1. The minimum Gasteiger partial charge on any atom is -0.206 e. The molecule has 23 heavy (non-hydrogen) atoms. The normalized spacial score (nSPS) is 13.8. The van der Waals surface area contributed by atoms with E-state index in [-0.39, 0.29) is 5.56 Å². The van der Waals surface area contributed by atoms with Crippen LogP contribution in [-0.4, -0.2) is 8.75 Å². The first-order valence-electron chi connectivity index (χ1n) is 7.41. The summed E-state index contributed by atoms with van der Waals surface area (Å²) in [6, 6.07) is 8.14. The van der Waals surface area contributed by atoms with Crippen LogP contribution in [0.15, 0.2) is 30.3 Å². The zero-order chi connectivity index (χ0) is 15.8. The fraction of sp³-hybridized carbons (Fsp3) is 0.222. The fourth-order valence-corrected chi connectivity index (χ4v) is 3.03. The Bertz CT molecular complexity index is 925. The number of fused-ring (bicyclic) bond motifs is 1. The Kier molecular flexibility index (Phi) is 3.55. The molecule has 0 aliphatic heterocycles. The van der Waals surface area contributed by atoms with Crippen LogP contribution < -0.4 is 0 Å². The van der Waals surface area contributed by atoms with E-state index in [9.17, 15) is 8.78 Å². The van der Waals surface area contributed by atoms with Gasteiger partial charge in [-0.05, 0) is 61.1 Å². The first-order valence-corrected chi connectivity index (χ1v) is 8.14. The number of hydrogen-bond acceptors (Lipinski definition) is 3. The van der Waals surface area contributed by atoms with Crippen molar-refractivity contribution in [3.63, 3.8) is 0 Å². The predicted octanol–water partition coefficient (Wildman–Crippen LogP) is 4.32. The summed E-state index contributed by atoms with van der Waals surface area (Å²) in [7, 11) is 0. The van der Waals surface area contributed by atoms with Crippen molar-refractivity contribution in [2.75, 3.05) is 0 Å². The molecule has 1 aliphatic carbocycles. The molecule has 0 N–H and O–H groups in total. The monoisotopic (exact) mass is 326 g/mol. The van der Waals surface area contributed by atoms with E-state index in [1.165, 1.54) is 12.1 Å². The van der Waals surface area contributed by atoms with Crippen molar-refractivity contribution in [1.29, 1.82) is 0 Å². The highest BCUT2D eigenvalue weighted by molar-refractivity contribution is 7.00. The van der Waals surface area contributed by atoms with Gasteiger partial charge in [-0.25, -0.2) is 8.78 Å². The molecule has 1 fully saturated rings. The summed E-state index contributed by atoms with van der Waals surface area (Å²) in [5.41, 5.74) is 2.72. The van der Waals surface area contributed by atoms with Crippen LogP contribution in [0.3, 0.4) is 0 Å². The van der Waals surface area contributed by atoms with Gasteiger partial charge in [-0.15, -0.1) is 0 Å². The number of benzene rings is 2. The second kappa shape index (κ2) is 5.71. The van der Waals surface area contributed by atoms with Crippen molar-refractivity contribution in [2.24, 2.45) is 5.92 Å². The molecule has 1 saturated carbocycles. The van der Waals surface area contributed by atoms with Gasteiger partial charge in [0.15, 0.2) is 0 Å². The van der Waals surface area contributed by atoms with Crippen molar-refractivity contribution in [3.05, 3.63) is 58.7 Å². The maximum atomic E-state index is 14.1. The summed E-state index contributed by atoms with van der Waals surface area (Å²) < 4.78 is 36.5. The Hall–Kier alpha value is -2.32. The lowest BCUT2D eigenvalue weighted by Gasteiger charge is -2.03. The van der Waals surface area contributed by atoms with Gasteiger partial charge in [0, 0.05) is 5.56 Å². The molecule has 1 aromatic heterocycles. The molecule has 0 unspecified atom stereocenters. The number of nitrogens with zero attached hydrogens (tertiary/aromatic N) is 2. The second-order valence-electron chi connectivity index (χ2n) is 5.80. The number of rotatable bonds is 2. The molecule has 0 bridgehead atoms. The lowest BCUT2D eigenvalue weighted by molar-refractivity contribution is 0.572. The van der Waals surface area contributed by atoms with E-state index in [1.54, 1.807) is 18.2 Å². The van der Waals surface area contributed by atoms with E-state index >= 15 is 0 Å². The van der Waals surface area contributed by atoms with Crippen LogP contribution in [0.25, 0.3) is 11.0 Å². The van der Waals surface area contributed by atoms with Gasteiger partial charge in [0.05, 0.1) is 17.3 Å². The summed E-state index contributed by atoms with van der Waals surface area (Å²) in [4.78, 5) is 0. The standard InChI is InChI=1S/C18H12F2N2S/c19-15-8-13(7-11-1-2-11)9-16(20)14(15)5-3-12-4-6-17-18(10-12)22-23-21-17/h4,6,8-11H,1-2,7H2. The van der Waals surface area contributed by atoms with Gasteiger partial charge in [0.2, 0.25) is 0 Å². The summed E-state index contributed by atoms with van der Waals surface area (Å²) >= 11 is 1.12. The highest BCUT2D eigenvalue weighted by Gasteiger charge is 2.22. The molecule has 5 heteroatoms. The van der Waals surface area contributed by atoms with Crippen molar-refractivity contribution in [2.45, 2.75) is 19.3 Å². The topological polar surface area (TPSA) is 25.8 Å². The van der Waals surface area contributed by atoms with Crippen molar-refractivity contribution >= 4 is 22.8 Å². The van der Waals surface area contributed by atoms with Gasteiger partial charge >= 0.3 is 0 Å². The average molecular weight is 326 g/mol. The van der Waals surface area contributed by atoms with E-state index in [1.807, 2.05) is 0 Å². The zero-order valence-corrected chi connectivity index (χ0v) is 13.0. The highest BCUT2D eigenvalue weighted by Crippen LogP contribution is 2.33. The van der Waals surface area contributed by atoms with Gasteiger partial charge in [0.25, 0.3) is 0 Å². The predicted molar refractivity (Wildman–Crippen MR) is 86.2 cm³/mol. The van der Waals surface area contributed by atoms with Gasteiger partial charge in [0.1, 0.15) is 22.7 Å². The Morgan fingerprint density at radius 3 is 2.48 bits per heavy atom. The smallest absolute Gasteiger partial charge is 0.142 e. The molecule has 1 heterocycles. The maximum Gasteiger partial charge on any atom is 0.142 e. The van der Waals surface area contributed by atoms with Gasteiger partial charge in [-0.2, -0.15) is 8.75 Å². The highest BCUT2D eigenvalue weighted by atomic mass is 32.1. The Balaban J connectivity index is 1.65. The van der Waals surface area contributed by atoms with Crippen LogP contribution in [0.1, 0.15) is 29.5 Å². The van der Waals surface area contributed by atoms with Crippen molar-refractivity contribution in [1.82, 2.24) is 8.75 Å². The average Bonchev–Trinajstić information content (AvgIpc) is 3.20. The Morgan fingerprint density at radius 2 is 1.74 bits per heavy atom. The van der Waals surface area contributed by atoms with Gasteiger partial charge < -0.3 is 0 Å². The van der Waals surface area contributed by atoms with Crippen LogP contribution in [0.4, 0.5) is 8.78 Å². The Morgan fingerprint density at radius 1 is 1.00 bits per heavy atom. The minimum absolute atomic E-state index is 0.180. The van der Waals surface area contributed by atoms with E-state index < -0.39 is 11.6 Å². The van der Waals surface area contributed by atoms with Crippen molar-refractivity contribution in [3.8, 4) is 11.8 Å². The number of hydrogen-bond donors (Lipinski definition) is 0. The summed E-state index contributed by atoms with van der Waals surface area (Å²) in [6.45, 7) is 0. The lowest BCUT2D eigenvalue weighted by atomic mass is 10.0. The van der Waals surface area contributed by atoms with E-state index in [0.29, 0.717) is 17.0 Å². The largest absolute Gasteiger partial charge is 0.206 e. The van der Waals surface area contributed by atoms with E-state index in [2.05, 4.69) is 20.6 Å². The van der Waals surface area contributed by atoms with Crippen LogP contribution in [0.5, 0.6) is 0 Å². The lowest BCUT2D eigenvalue weighted by Crippen LogP contribution is -1.96. The van der Waals surface area contributed by atoms with Crippen molar-refractivity contribution < 1.29 is 8.78 Å². The summed E-state index contributed by atoms with van der Waals surface area (Å²) in [5, 5.41) is 0. The minimum atomic E-state index is -0.593. The molecular formula is C18H12F2N2S. The fourth-order valence-electron chi connectivity index (χ4n) is 2.51. The first-order chi connectivity index (χ1) is 11.2. The van der Waals surface area contributed by atoms with Gasteiger partial charge in [-0.3, -0.25) is 0 Å². The molecule has 2 nitrogen and oxygen atoms in total. The van der Waals surface area contributed by atoms with Crippen LogP contribution in [-0.2, 0) is 6.42 Å². The molecule has 2 aromatic carbocycles. The molecule has 0 spiro atoms. The third-order valence-electron chi connectivity index (χ3n) is 3.91. The zero-order valence-electron chi connectivity index (χ0n) is 12.1.